The summed E-state index contributed by atoms with van der Waals surface area (Å²) in [4.78, 5) is 0. The number of rotatable bonds is 3. The van der Waals surface area contributed by atoms with E-state index in [0.29, 0.717) is 0 Å². The van der Waals surface area contributed by atoms with E-state index < -0.39 is 0 Å². The van der Waals surface area contributed by atoms with Gasteiger partial charge < -0.3 is 9.73 Å². The van der Waals surface area contributed by atoms with Crippen molar-refractivity contribution in [1.82, 2.24) is 5.32 Å². The lowest BCUT2D eigenvalue weighted by atomic mass is 9.93. The third-order valence-corrected chi connectivity index (χ3v) is 3.65. The van der Waals surface area contributed by atoms with Gasteiger partial charge in [-0.25, -0.2) is 0 Å². The van der Waals surface area contributed by atoms with Crippen LogP contribution in [0.15, 0.2) is 28.4 Å². The van der Waals surface area contributed by atoms with E-state index >= 15 is 0 Å². The molecule has 0 spiro atoms. The second-order valence-electron chi connectivity index (χ2n) is 4.92. The van der Waals surface area contributed by atoms with Crippen LogP contribution < -0.4 is 5.32 Å². The second kappa shape index (κ2) is 6.06. The molecule has 1 aromatic heterocycles. The lowest BCUT2D eigenvalue weighted by Crippen LogP contribution is -2.19. The highest BCUT2D eigenvalue weighted by Gasteiger charge is 2.19. The van der Waals surface area contributed by atoms with Crippen molar-refractivity contribution >= 4 is 0 Å². The molecule has 2 nitrogen and oxygen atoms in total. The Morgan fingerprint density at radius 2 is 2.06 bits per heavy atom. The Labute approximate surface area is 104 Å². The Bertz CT molecular complexity index is 378. The summed E-state index contributed by atoms with van der Waals surface area (Å²) in [5.74, 6) is 1.08. The minimum Gasteiger partial charge on any atom is -0.467 e. The lowest BCUT2D eigenvalue weighted by Gasteiger charge is -2.20. The average Bonchev–Trinajstić information content (AvgIpc) is 2.69. The molecule has 0 aliphatic heterocycles. The molecular formula is C15H23NO. The zero-order valence-corrected chi connectivity index (χ0v) is 11.0. The number of aryl methyl sites for hydroxylation is 1. The van der Waals surface area contributed by atoms with Crippen LogP contribution in [-0.2, 0) is 0 Å². The Morgan fingerprint density at radius 3 is 2.76 bits per heavy atom. The highest BCUT2D eigenvalue weighted by molar-refractivity contribution is 5.27. The molecule has 0 saturated heterocycles. The minimum absolute atomic E-state index is 0.267. The molecule has 0 saturated carbocycles. The normalized spacial score (nSPS) is 22.4. The van der Waals surface area contributed by atoms with Gasteiger partial charge in [-0.3, -0.25) is 0 Å². The van der Waals surface area contributed by atoms with Crippen LogP contribution in [0.2, 0.25) is 0 Å². The highest BCUT2D eigenvalue weighted by atomic mass is 16.3. The summed E-state index contributed by atoms with van der Waals surface area (Å²) >= 11 is 0. The summed E-state index contributed by atoms with van der Waals surface area (Å²) in [6, 6.07) is 2.31. The van der Waals surface area contributed by atoms with Crippen molar-refractivity contribution in [2.75, 3.05) is 7.05 Å². The van der Waals surface area contributed by atoms with Gasteiger partial charge in [-0.2, -0.15) is 0 Å². The standard InChI is InChI=1S/C15H23NO/c1-12-10-11-17-15(12)14(16-2)13-8-6-4-3-5-7-9-13/h8,10-11,14,16H,3-7,9H2,1-2H3/b13-8+. The van der Waals surface area contributed by atoms with Crippen LogP contribution in [0.4, 0.5) is 0 Å². The van der Waals surface area contributed by atoms with Gasteiger partial charge in [0.2, 0.25) is 0 Å². The summed E-state index contributed by atoms with van der Waals surface area (Å²) < 4.78 is 5.64. The van der Waals surface area contributed by atoms with E-state index in [-0.39, 0.29) is 6.04 Å². The van der Waals surface area contributed by atoms with Gasteiger partial charge in [0.1, 0.15) is 5.76 Å². The Morgan fingerprint density at radius 1 is 1.24 bits per heavy atom. The SMILES string of the molecule is CNC(/C1=C/CCCCCC1)c1occc1C. The predicted molar refractivity (Wildman–Crippen MR) is 71.0 cm³/mol. The minimum atomic E-state index is 0.267. The Balaban J connectivity index is 2.19. The third-order valence-electron chi connectivity index (χ3n) is 3.65. The topological polar surface area (TPSA) is 25.2 Å². The molecule has 2 heteroatoms. The fourth-order valence-corrected chi connectivity index (χ4v) is 2.64. The first kappa shape index (κ1) is 12.4. The molecule has 1 heterocycles. The van der Waals surface area contributed by atoms with Crippen LogP contribution in [0.3, 0.4) is 0 Å². The van der Waals surface area contributed by atoms with E-state index in [2.05, 4.69) is 18.3 Å². The van der Waals surface area contributed by atoms with Crippen LogP contribution >= 0.6 is 0 Å². The summed E-state index contributed by atoms with van der Waals surface area (Å²) in [5.41, 5.74) is 2.75. The van der Waals surface area contributed by atoms with Gasteiger partial charge in [0.15, 0.2) is 0 Å². The Kier molecular flexibility index (Phi) is 4.43. The number of hydrogen-bond donors (Lipinski definition) is 1. The van der Waals surface area contributed by atoms with Gasteiger partial charge in [0, 0.05) is 0 Å². The number of nitrogens with one attached hydrogen (secondary N) is 1. The van der Waals surface area contributed by atoms with Crippen LogP contribution in [0.1, 0.15) is 55.9 Å². The van der Waals surface area contributed by atoms with E-state index in [0.717, 1.165) is 5.76 Å². The maximum Gasteiger partial charge on any atom is 0.127 e. The molecule has 1 aromatic rings. The average molecular weight is 233 g/mol. The maximum atomic E-state index is 5.64. The van der Waals surface area contributed by atoms with Gasteiger partial charge in [-0.15, -0.1) is 0 Å². The monoisotopic (exact) mass is 233 g/mol. The van der Waals surface area contributed by atoms with Crippen molar-refractivity contribution in [2.24, 2.45) is 0 Å². The molecular weight excluding hydrogens is 210 g/mol. The molecule has 0 radical (unpaired) electrons. The zero-order valence-electron chi connectivity index (χ0n) is 11.0. The third kappa shape index (κ3) is 3.01. The lowest BCUT2D eigenvalue weighted by molar-refractivity contribution is 0.445. The summed E-state index contributed by atoms with van der Waals surface area (Å²) in [6.45, 7) is 2.12. The molecule has 0 fully saturated rings. The maximum absolute atomic E-state index is 5.64. The first-order valence-corrected chi connectivity index (χ1v) is 6.73. The number of allylic oxidation sites excluding steroid dienone is 1. The molecule has 1 aliphatic carbocycles. The Hall–Kier alpha value is -1.02. The molecule has 1 N–H and O–H groups in total. The van der Waals surface area contributed by atoms with Crippen molar-refractivity contribution in [3.8, 4) is 0 Å². The van der Waals surface area contributed by atoms with Crippen molar-refractivity contribution in [3.05, 3.63) is 35.3 Å². The van der Waals surface area contributed by atoms with Crippen molar-refractivity contribution in [1.29, 1.82) is 0 Å². The number of likely N-dealkylation sites (N-methyl/N-ethyl adjacent to an activating group) is 1. The molecule has 0 bridgehead atoms. The summed E-state index contributed by atoms with van der Waals surface area (Å²) in [5, 5.41) is 3.40. The second-order valence-corrected chi connectivity index (χ2v) is 4.92. The van der Waals surface area contributed by atoms with Crippen molar-refractivity contribution in [2.45, 2.75) is 51.5 Å². The van der Waals surface area contributed by atoms with Gasteiger partial charge in [-0.1, -0.05) is 18.9 Å². The first-order chi connectivity index (χ1) is 8.33. The smallest absolute Gasteiger partial charge is 0.127 e. The number of hydrogen-bond acceptors (Lipinski definition) is 2. The van der Waals surface area contributed by atoms with E-state index in [1.165, 1.54) is 49.7 Å². The van der Waals surface area contributed by atoms with E-state index in [1.807, 2.05) is 13.1 Å². The van der Waals surface area contributed by atoms with Crippen molar-refractivity contribution in [3.63, 3.8) is 0 Å². The van der Waals surface area contributed by atoms with Crippen molar-refractivity contribution < 1.29 is 4.42 Å². The van der Waals surface area contributed by atoms with Crippen LogP contribution in [0.25, 0.3) is 0 Å². The van der Waals surface area contributed by atoms with E-state index in [4.69, 9.17) is 4.42 Å². The first-order valence-electron chi connectivity index (χ1n) is 6.73. The molecule has 1 atom stereocenters. The van der Waals surface area contributed by atoms with Gasteiger partial charge in [0.25, 0.3) is 0 Å². The van der Waals surface area contributed by atoms with Crippen LogP contribution in [0.5, 0.6) is 0 Å². The molecule has 1 aliphatic rings. The highest BCUT2D eigenvalue weighted by Crippen LogP contribution is 2.30. The molecule has 2 rings (SSSR count). The molecule has 94 valence electrons. The summed E-state index contributed by atoms with van der Waals surface area (Å²) in [7, 11) is 2.02. The van der Waals surface area contributed by atoms with Gasteiger partial charge >= 0.3 is 0 Å². The summed E-state index contributed by atoms with van der Waals surface area (Å²) in [6.07, 6.45) is 12.0. The van der Waals surface area contributed by atoms with Crippen LogP contribution in [-0.4, -0.2) is 7.05 Å². The largest absolute Gasteiger partial charge is 0.467 e. The van der Waals surface area contributed by atoms with Gasteiger partial charge in [0.05, 0.1) is 12.3 Å². The molecule has 0 aromatic carbocycles. The zero-order chi connectivity index (χ0) is 12.1. The molecule has 1 unspecified atom stereocenters. The fraction of sp³-hybridized carbons (Fsp3) is 0.600. The molecule has 17 heavy (non-hydrogen) atoms. The van der Waals surface area contributed by atoms with E-state index in [1.54, 1.807) is 6.26 Å². The quantitative estimate of drug-likeness (QED) is 0.794. The molecule has 0 amide bonds. The van der Waals surface area contributed by atoms with E-state index in [9.17, 15) is 0 Å². The van der Waals surface area contributed by atoms with Gasteiger partial charge in [-0.05, 0) is 56.9 Å². The fourth-order valence-electron chi connectivity index (χ4n) is 2.64. The predicted octanol–water partition coefficient (Wildman–Crippen LogP) is 4.13. The van der Waals surface area contributed by atoms with Crippen LogP contribution in [0, 0.1) is 6.92 Å². The number of furan rings is 1.